The van der Waals surface area contributed by atoms with Gasteiger partial charge in [-0.1, -0.05) is 56.3 Å². The van der Waals surface area contributed by atoms with Crippen LogP contribution in [0.3, 0.4) is 0 Å². The van der Waals surface area contributed by atoms with Gasteiger partial charge in [0.15, 0.2) is 0 Å². The maximum Gasteiger partial charge on any atom is 0.302 e. The monoisotopic (exact) mass is 318 g/mol. The van der Waals surface area contributed by atoms with E-state index in [9.17, 15) is 4.79 Å². The lowest BCUT2D eigenvalue weighted by Gasteiger charge is -2.43. The van der Waals surface area contributed by atoms with E-state index in [0.29, 0.717) is 0 Å². The van der Waals surface area contributed by atoms with Crippen LogP contribution in [0.5, 0.6) is 0 Å². The molecule has 1 saturated heterocycles. The van der Waals surface area contributed by atoms with E-state index >= 15 is 0 Å². The van der Waals surface area contributed by atoms with Crippen molar-refractivity contribution in [2.24, 2.45) is 11.8 Å². The van der Waals surface area contributed by atoms with Crippen molar-refractivity contribution in [1.29, 1.82) is 0 Å². The fourth-order valence-corrected chi connectivity index (χ4v) is 3.14. The molecule has 5 atom stereocenters. The molecule has 0 spiro atoms. The predicted molar refractivity (Wildman–Crippen MR) is 89.9 cm³/mol. The molecule has 1 aliphatic heterocycles. The number of hydrogen-bond donors (Lipinski definition) is 0. The number of rotatable bonds is 5. The van der Waals surface area contributed by atoms with E-state index in [1.165, 1.54) is 6.92 Å². The van der Waals surface area contributed by atoms with Gasteiger partial charge in [0.1, 0.15) is 6.61 Å². The van der Waals surface area contributed by atoms with Gasteiger partial charge in [-0.05, 0) is 5.56 Å². The van der Waals surface area contributed by atoms with Crippen molar-refractivity contribution >= 4 is 12.0 Å². The third kappa shape index (κ3) is 4.66. The van der Waals surface area contributed by atoms with Gasteiger partial charge in [0.2, 0.25) is 0 Å². The second-order valence-corrected chi connectivity index (χ2v) is 6.13. The Balaban J connectivity index is 2.10. The molecule has 126 valence electrons. The first-order chi connectivity index (χ1) is 11.0. The topological polar surface area (TPSA) is 44.8 Å². The van der Waals surface area contributed by atoms with Crippen LogP contribution in [0, 0.1) is 11.8 Å². The Morgan fingerprint density at radius 1 is 1.22 bits per heavy atom. The van der Waals surface area contributed by atoms with E-state index in [0.717, 1.165) is 5.56 Å². The van der Waals surface area contributed by atoms with Crippen LogP contribution in [0.4, 0.5) is 0 Å². The second kappa shape index (κ2) is 8.27. The summed E-state index contributed by atoms with van der Waals surface area (Å²) >= 11 is 0. The fraction of sp³-hybridized carbons (Fsp3) is 0.526. The molecule has 1 heterocycles. The quantitative estimate of drug-likeness (QED) is 0.781. The zero-order valence-electron chi connectivity index (χ0n) is 14.3. The number of ether oxygens (including phenoxy) is 3. The van der Waals surface area contributed by atoms with Gasteiger partial charge in [0, 0.05) is 25.9 Å². The van der Waals surface area contributed by atoms with Crippen molar-refractivity contribution in [2.75, 3.05) is 13.7 Å². The highest BCUT2D eigenvalue weighted by Crippen LogP contribution is 2.33. The molecule has 1 aromatic rings. The third-order valence-electron chi connectivity index (χ3n) is 4.47. The van der Waals surface area contributed by atoms with Crippen LogP contribution in [0.1, 0.15) is 26.3 Å². The van der Waals surface area contributed by atoms with E-state index in [1.54, 1.807) is 7.11 Å². The number of hydrogen-bond acceptors (Lipinski definition) is 4. The van der Waals surface area contributed by atoms with Crippen molar-refractivity contribution in [2.45, 2.75) is 39.1 Å². The van der Waals surface area contributed by atoms with Crippen LogP contribution in [0.25, 0.3) is 6.08 Å². The van der Waals surface area contributed by atoms with E-state index < -0.39 is 0 Å². The van der Waals surface area contributed by atoms with Crippen molar-refractivity contribution in [3.8, 4) is 0 Å². The van der Waals surface area contributed by atoms with Crippen LogP contribution >= 0.6 is 0 Å². The predicted octanol–water partition coefficient (Wildman–Crippen LogP) is 3.32. The molecule has 0 aliphatic carbocycles. The molecule has 0 saturated carbocycles. The molecule has 0 aromatic heterocycles. The summed E-state index contributed by atoms with van der Waals surface area (Å²) in [6.45, 7) is 5.89. The minimum atomic E-state index is -0.287. The summed E-state index contributed by atoms with van der Waals surface area (Å²) in [4.78, 5) is 11.1. The van der Waals surface area contributed by atoms with Crippen molar-refractivity contribution < 1.29 is 19.0 Å². The Kier molecular flexibility index (Phi) is 6.37. The highest BCUT2D eigenvalue weighted by atomic mass is 16.6. The van der Waals surface area contributed by atoms with Crippen molar-refractivity contribution in [3.63, 3.8) is 0 Å². The van der Waals surface area contributed by atoms with Gasteiger partial charge in [-0.15, -0.1) is 0 Å². The molecule has 23 heavy (non-hydrogen) atoms. The molecule has 4 nitrogen and oxygen atoms in total. The van der Waals surface area contributed by atoms with Gasteiger partial charge in [0.05, 0.1) is 18.3 Å². The molecule has 0 N–H and O–H groups in total. The molecular formula is C19H26O4. The lowest BCUT2D eigenvalue weighted by Crippen LogP contribution is -2.50. The number of methoxy groups -OCH3 is 1. The van der Waals surface area contributed by atoms with E-state index in [2.05, 4.69) is 38.1 Å². The largest absolute Gasteiger partial charge is 0.463 e. The van der Waals surface area contributed by atoms with Crippen LogP contribution in [0.2, 0.25) is 0 Å². The summed E-state index contributed by atoms with van der Waals surface area (Å²) in [5, 5.41) is 0. The SMILES string of the molecule is CO[C@H]1[C@@H](C)[C@@H](COC(C)=O)O[C@@H](/C=C\c2ccccc2)[C@H]1C. The number of carbonyl (C=O) groups is 1. The first-order valence-electron chi connectivity index (χ1n) is 8.07. The normalized spacial score (nSPS) is 31.2. The Bertz CT molecular complexity index is 525. The molecule has 1 aliphatic rings. The number of benzene rings is 1. The first kappa shape index (κ1) is 17.7. The third-order valence-corrected chi connectivity index (χ3v) is 4.47. The first-order valence-corrected chi connectivity index (χ1v) is 8.07. The van der Waals surface area contributed by atoms with Gasteiger partial charge < -0.3 is 14.2 Å². The summed E-state index contributed by atoms with van der Waals surface area (Å²) in [6.07, 6.45) is 3.96. The van der Waals surface area contributed by atoms with Crippen molar-refractivity contribution in [1.82, 2.24) is 0 Å². The molecule has 0 radical (unpaired) electrons. The highest BCUT2D eigenvalue weighted by molar-refractivity contribution is 5.65. The standard InChI is InChI=1S/C19H26O4/c1-13-17(11-10-16-8-6-5-7-9-16)23-18(12-22-15(3)20)14(2)19(13)21-4/h5-11,13-14,17-19H,12H2,1-4H3/b11-10-/t13-,14+,17+,18-,19-/m1/s1. The molecule has 2 rings (SSSR count). The van der Waals surface area contributed by atoms with Crippen molar-refractivity contribution in [3.05, 3.63) is 42.0 Å². The minimum Gasteiger partial charge on any atom is -0.463 e. The Morgan fingerprint density at radius 3 is 2.52 bits per heavy atom. The van der Waals surface area contributed by atoms with Crippen LogP contribution in [0.15, 0.2) is 36.4 Å². The van der Waals surface area contributed by atoms with Gasteiger partial charge in [-0.25, -0.2) is 0 Å². The van der Waals surface area contributed by atoms with Crippen LogP contribution in [-0.2, 0) is 19.0 Å². The van der Waals surface area contributed by atoms with Crippen LogP contribution in [-0.4, -0.2) is 38.0 Å². The van der Waals surface area contributed by atoms with Crippen LogP contribution < -0.4 is 0 Å². The summed E-state index contributed by atoms with van der Waals surface area (Å²) in [7, 11) is 1.73. The summed E-state index contributed by atoms with van der Waals surface area (Å²) in [5.74, 6) is 0.101. The second-order valence-electron chi connectivity index (χ2n) is 6.13. The van der Waals surface area contributed by atoms with E-state index in [-0.39, 0.29) is 42.7 Å². The van der Waals surface area contributed by atoms with E-state index in [1.807, 2.05) is 18.2 Å². The molecule has 1 aromatic carbocycles. The Morgan fingerprint density at radius 2 is 1.91 bits per heavy atom. The number of carbonyl (C=O) groups excluding carboxylic acids is 1. The fourth-order valence-electron chi connectivity index (χ4n) is 3.14. The maximum absolute atomic E-state index is 11.1. The van der Waals surface area contributed by atoms with Gasteiger partial charge in [-0.2, -0.15) is 0 Å². The van der Waals surface area contributed by atoms with Gasteiger partial charge in [-0.3, -0.25) is 4.79 Å². The van der Waals surface area contributed by atoms with E-state index in [4.69, 9.17) is 14.2 Å². The van der Waals surface area contributed by atoms with Gasteiger partial charge in [0.25, 0.3) is 0 Å². The molecule has 0 bridgehead atoms. The molecule has 1 fully saturated rings. The molecule has 4 heteroatoms. The average molecular weight is 318 g/mol. The highest BCUT2D eigenvalue weighted by Gasteiger charge is 2.41. The Labute approximate surface area is 138 Å². The van der Waals surface area contributed by atoms with Gasteiger partial charge >= 0.3 is 5.97 Å². The summed E-state index contributed by atoms with van der Waals surface area (Å²) in [5.41, 5.74) is 1.13. The zero-order valence-corrected chi connectivity index (χ0v) is 14.3. The summed E-state index contributed by atoms with van der Waals surface area (Å²) < 4.78 is 17.0. The molecule has 0 amide bonds. The summed E-state index contributed by atoms with van der Waals surface area (Å²) in [6, 6.07) is 10.1. The molecule has 0 unspecified atom stereocenters. The molecular weight excluding hydrogens is 292 g/mol. The maximum atomic E-state index is 11.1. The Hall–Kier alpha value is -1.65. The lowest BCUT2D eigenvalue weighted by molar-refractivity contribution is -0.179. The zero-order chi connectivity index (χ0) is 16.8. The lowest BCUT2D eigenvalue weighted by atomic mass is 9.82. The minimum absolute atomic E-state index is 0.0646. The number of esters is 1. The smallest absolute Gasteiger partial charge is 0.302 e. The average Bonchev–Trinajstić information content (AvgIpc) is 2.54.